The van der Waals surface area contributed by atoms with E-state index in [0.29, 0.717) is 0 Å². The lowest BCUT2D eigenvalue weighted by molar-refractivity contribution is -0.385. The Kier molecular flexibility index (Phi) is 4.32. The molecule has 19 heavy (non-hydrogen) atoms. The van der Waals surface area contributed by atoms with Crippen LogP contribution < -0.4 is 15.4 Å². The standard InChI is InChI=1S/C11H15N2O5P/c1-12-11(14)7-5-8(13(15)16)9(18-2)6-10(7)19(3,4)17/h5-6H,1-4H3,(H,12,14). The van der Waals surface area contributed by atoms with E-state index in [4.69, 9.17) is 4.74 Å². The van der Waals surface area contributed by atoms with Crippen molar-refractivity contribution < 1.29 is 19.0 Å². The first kappa shape index (κ1) is 15.2. The molecule has 0 aromatic heterocycles. The van der Waals surface area contributed by atoms with E-state index in [1.807, 2.05) is 0 Å². The van der Waals surface area contributed by atoms with Gasteiger partial charge in [0.1, 0.15) is 7.14 Å². The first-order chi connectivity index (χ1) is 8.72. The highest BCUT2D eigenvalue weighted by molar-refractivity contribution is 7.70. The normalized spacial score (nSPS) is 10.9. The molecule has 0 radical (unpaired) electrons. The largest absolute Gasteiger partial charge is 0.490 e. The Morgan fingerprint density at radius 2 is 2.00 bits per heavy atom. The molecule has 1 N–H and O–H groups in total. The van der Waals surface area contributed by atoms with E-state index in [-0.39, 0.29) is 22.3 Å². The molecule has 0 aliphatic carbocycles. The molecule has 0 heterocycles. The average molecular weight is 286 g/mol. The summed E-state index contributed by atoms with van der Waals surface area (Å²) in [5.74, 6) is -0.541. The lowest BCUT2D eigenvalue weighted by Crippen LogP contribution is -2.25. The first-order valence-electron chi connectivity index (χ1n) is 5.36. The van der Waals surface area contributed by atoms with Crippen molar-refractivity contribution >= 4 is 24.0 Å². The number of carbonyl (C=O) groups excluding carboxylic acids is 1. The predicted octanol–water partition coefficient (Wildman–Crippen LogP) is 1.21. The Bertz CT molecular complexity index is 579. The average Bonchev–Trinajstić information content (AvgIpc) is 2.34. The van der Waals surface area contributed by atoms with Gasteiger partial charge in [-0.25, -0.2) is 0 Å². The van der Waals surface area contributed by atoms with Crippen molar-refractivity contribution in [3.63, 3.8) is 0 Å². The Morgan fingerprint density at radius 3 is 2.37 bits per heavy atom. The summed E-state index contributed by atoms with van der Waals surface area (Å²) in [7, 11) is -0.0955. The Balaban J connectivity index is 3.67. The number of rotatable bonds is 4. The highest BCUT2D eigenvalue weighted by Crippen LogP contribution is 2.40. The number of nitrogens with zero attached hydrogens (tertiary/aromatic N) is 1. The van der Waals surface area contributed by atoms with Gasteiger partial charge in [-0.2, -0.15) is 0 Å². The van der Waals surface area contributed by atoms with Gasteiger partial charge < -0.3 is 14.6 Å². The van der Waals surface area contributed by atoms with Crippen molar-refractivity contribution in [2.45, 2.75) is 0 Å². The van der Waals surface area contributed by atoms with Crippen LogP contribution in [0.15, 0.2) is 12.1 Å². The number of hydrogen-bond acceptors (Lipinski definition) is 5. The number of nitrogens with one attached hydrogen (secondary N) is 1. The van der Waals surface area contributed by atoms with Crippen LogP contribution in [0.25, 0.3) is 0 Å². The molecule has 0 aliphatic rings. The maximum atomic E-state index is 12.2. The monoisotopic (exact) mass is 286 g/mol. The molecule has 0 bridgehead atoms. The third-order valence-electron chi connectivity index (χ3n) is 2.55. The van der Waals surface area contributed by atoms with Crippen LogP contribution in [-0.2, 0) is 4.57 Å². The van der Waals surface area contributed by atoms with Gasteiger partial charge in [-0.05, 0) is 19.4 Å². The van der Waals surface area contributed by atoms with Crippen LogP contribution in [0.2, 0.25) is 0 Å². The fourth-order valence-corrected chi connectivity index (χ4v) is 2.80. The molecule has 1 amide bonds. The maximum absolute atomic E-state index is 12.2. The number of hydrogen-bond donors (Lipinski definition) is 1. The molecule has 0 saturated carbocycles. The number of methoxy groups -OCH3 is 1. The molecule has 1 rings (SSSR count). The Labute approximate surface area is 110 Å². The molecule has 1 aromatic carbocycles. The van der Waals surface area contributed by atoms with Crippen molar-refractivity contribution in [3.8, 4) is 5.75 Å². The summed E-state index contributed by atoms with van der Waals surface area (Å²) < 4.78 is 17.1. The van der Waals surface area contributed by atoms with Gasteiger partial charge in [0.2, 0.25) is 0 Å². The van der Waals surface area contributed by atoms with Crippen molar-refractivity contribution in [1.82, 2.24) is 5.32 Å². The second kappa shape index (κ2) is 5.40. The molecule has 104 valence electrons. The van der Waals surface area contributed by atoms with Gasteiger partial charge >= 0.3 is 5.69 Å². The fourth-order valence-electron chi connectivity index (χ4n) is 1.63. The van der Waals surface area contributed by atoms with E-state index < -0.39 is 18.0 Å². The number of carbonyl (C=O) groups is 1. The molecule has 7 nitrogen and oxygen atoms in total. The third kappa shape index (κ3) is 3.12. The molecule has 0 saturated heterocycles. The van der Waals surface area contributed by atoms with Gasteiger partial charge in [0.25, 0.3) is 5.91 Å². The van der Waals surface area contributed by atoms with Crippen LogP contribution in [-0.4, -0.2) is 38.3 Å². The second-order valence-electron chi connectivity index (χ2n) is 4.23. The fraction of sp³-hybridized carbons (Fsp3) is 0.364. The molecule has 0 fully saturated rings. The summed E-state index contributed by atoms with van der Waals surface area (Å²) >= 11 is 0. The zero-order valence-electron chi connectivity index (χ0n) is 11.1. The molecule has 0 aliphatic heterocycles. The minimum absolute atomic E-state index is 0.0171. The second-order valence-corrected chi connectivity index (χ2v) is 7.41. The zero-order chi connectivity index (χ0) is 14.8. The van der Waals surface area contributed by atoms with E-state index in [0.717, 1.165) is 6.07 Å². The lowest BCUT2D eigenvalue weighted by Gasteiger charge is -2.14. The van der Waals surface area contributed by atoms with Gasteiger partial charge in [-0.3, -0.25) is 14.9 Å². The van der Waals surface area contributed by atoms with Crippen LogP contribution >= 0.6 is 7.14 Å². The van der Waals surface area contributed by atoms with Crippen LogP contribution in [0.3, 0.4) is 0 Å². The topological polar surface area (TPSA) is 98.5 Å². The number of ether oxygens (including phenoxy) is 1. The van der Waals surface area contributed by atoms with Crippen LogP contribution in [0.4, 0.5) is 5.69 Å². The summed E-state index contributed by atoms with van der Waals surface area (Å²) in [4.78, 5) is 22.0. The molecule has 0 unspecified atom stereocenters. The van der Waals surface area contributed by atoms with Gasteiger partial charge in [0, 0.05) is 18.4 Å². The number of amides is 1. The molecule has 8 heteroatoms. The number of nitro groups is 1. The van der Waals surface area contributed by atoms with Crippen molar-refractivity contribution in [2.24, 2.45) is 0 Å². The molecule has 1 aromatic rings. The van der Waals surface area contributed by atoms with Gasteiger partial charge in [0.15, 0.2) is 5.75 Å². The minimum atomic E-state index is -2.78. The summed E-state index contributed by atoms with van der Waals surface area (Å²) in [6.45, 7) is 2.97. The summed E-state index contributed by atoms with van der Waals surface area (Å²) in [5.41, 5.74) is -0.304. The lowest BCUT2D eigenvalue weighted by atomic mass is 10.1. The van der Waals surface area contributed by atoms with Crippen LogP contribution in [0.1, 0.15) is 10.4 Å². The summed E-state index contributed by atoms with van der Waals surface area (Å²) in [6, 6.07) is 2.39. The van der Waals surface area contributed by atoms with E-state index in [9.17, 15) is 19.5 Å². The van der Waals surface area contributed by atoms with E-state index in [1.165, 1.54) is 33.6 Å². The van der Waals surface area contributed by atoms with E-state index in [2.05, 4.69) is 5.32 Å². The number of nitro benzene ring substituents is 1. The number of benzene rings is 1. The molecular weight excluding hydrogens is 271 g/mol. The first-order valence-corrected chi connectivity index (χ1v) is 7.96. The smallest absolute Gasteiger partial charge is 0.311 e. The highest BCUT2D eigenvalue weighted by atomic mass is 31.2. The Morgan fingerprint density at radius 1 is 1.42 bits per heavy atom. The van der Waals surface area contributed by atoms with Crippen LogP contribution in [0.5, 0.6) is 5.75 Å². The van der Waals surface area contributed by atoms with Gasteiger partial charge in [-0.1, -0.05) is 0 Å². The molecule has 0 spiro atoms. The van der Waals surface area contributed by atoms with Crippen LogP contribution in [0, 0.1) is 10.1 Å². The van der Waals surface area contributed by atoms with E-state index in [1.54, 1.807) is 0 Å². The SMILES string of the molecule is CNC(=O)c1cc([N+](=O)[O-])c(OC)cc1P(C)(C)=O. The Hall–Kier alpha value is -1.88. The summed E-state index contributed by atoms with van der Waals surface area (Å²) in [6.07, 6.45) is 0. The molecular formula is C11H15N2O5P. The molecule has 0 atom stereocenters. The van der Waals surface area contributed by atoms with Crippen molar-refractivity contribution in [1.29, 1.82) is 0 Å². The van der Waals surface area contributed by atoms with E-state index >= 15 is 0 Å². The van der Waals surface area contributed by atoms with Gasteiger partial charge in [-0.15, -0.1) is 0 Å². The minimum Gasteiger partial charge on any atom is -0.490 e. The maximum Gasteiger partial charge on any atom is 0.311 e. The predicted molar refractivity (Wildman–Crippen MR) is 72.1 cm³/mol. The third-order valence-corrected chi connectivity index (χ3v) is 4.08. The van der Waals surface area contributed by atoms with Crippen molar-refractivity contribution in [3.05, 3.63) is 27.8 Å². The zero-order valence-corrected chi connectivity index (χ0v) is 12.0. The highest BCUT2D eigenvalue weighted by Gasteiger charge is 2.27. The van der Waals surface area contributed by atoms with Crippen molar-refractivity contribution in [2.75, 3.05) is 27.5 Å². The van der Waals surface area contributed by atoms with Gasteiger partial charge in [0.05, 0.1) is 17.6 Å². The summed E-state index contributed by atoms with van der Waals surface area (Å²) in [5, 5.41) is 13.6. The quantitative estimate of drug-likeness (QED) is 0.509.